The van der Waals surface area contributed by atoms with E-state index in [4.69, 9.17) is 27.9 Å². The van der Waals surface area contributed by atoms with Crippen LogP contribution in [-0.4, -0.2) is 23.5 Å². The van der Waals surface area contributed by atoms with E-state index in [9.17, 15) is 9.59 Å². The van der Waals surface area contributed by atoms with Crippen molar-refractivity contribution in [2.24, 2.45) is 17.3 Å². The zero-order valence-electron chi connectivity index (χ0n) is 15.7. The lowest BCUT2D eigenvalue weighted by molar-refractivity contribution is -0.153. The maximum Gasteiger partial charge on any atom is 0.309 e. The number of anilines is 1. The molecule has 5 nitrogen and oxygen atoms in total. The van der Waals surface area contributed by atoms with Crippen LogP contribution in [0, 0.1) is 24.2 Å². The first-order chi connectivity index (χ1) is 12.1. The molecule has 2 rings (SSSR count). The summed E-state index contributed by atoms with van der Waals surface area (Å²) in [7, 11) is 0. The fraction of sp³-hybridized carbons (Fsp3) is 0.632. The fourth-order valence-electron chi connectivity index (χ4n) is 3.26. The van der Waals surface area contributed by atoms with Gasteiger partial charge in [-0.15, -0.1) is 0 Å². The van der Waals surface area contributed by atoms with Gasteiger partial charge in [0.1, 0.15) is 0 Å². The van der Waals surface area contributed by atoms with Crippen LogP contribution < -0.4 is 5.32 Å². The molecule has 0 radical (unpaired) electrons. The average molecular weight is 401 g/mol. The van der Waals surface area contributed by atoms with Gasteiger partial charge in [-0.1, -0.05) is 44.0 Å². The highest BCUT2D eigenvalue weighted by Gasteiger charge is 2.33. The van der Waals surface area contributed by atoms with Gasteiger partial charge in [0.15, 0.2) is 12.4 Å². The van der Waals surface area contributed by atoms with Crippen LogP contribution in [0.5, 0.6) is 0 Å². The van der Waals surface area contributed by atoms with Crippen LogP contribution in [0.2, 0.25) is 10.0 Å². The first kappa shape index (κ1) is 21.0. The molecule has 1 saturated carbocycles. The van der Waals surface area contributed by atoms with Crippen LogP contribution >= 0.6 is 23.2 Å². The van der Waals surface area contributed by atoms with Crippen molar-refractivity contribution in [2.75, 3.05) is 11.9 Å². The standard InChI is InChI=1S/C19H26Cl2N2O3/c1-11-14(20)9-15(21)17(22-11)23-16(24)10-26-18(25)12-5-7-13(8-6-12)19(2,3)4/h9,12-13H,5-8,10H2,1-4H3,(H,22,23,24). The molecule has 7 heteroatoms. The van der Waals surface area contributed by atoms with Gasteiger partial charge < -0.3 is 10.1 Å². The summed E-state index contributed by atoms with van der Waals surface area (Å²) in [6.45, 7) is 8.06. The number of hydrogen-bond donors (Lipinski definition) is 1. The van der Waals surface area contributed by atoms with E-state index in [0.29, 0.717) is 16.6 Å². The highest BCUT2D eigenvalue weighted by Crippen LogP contribution is 2.40. The van der Waals surface area contributed by atoms with Gasteiger partial charge in [0.2, 0.25) is 0 Å². The largest absolute Gasteiger partial charge is 0.455 e. The minimum Gasteiger partial charge on any atom is -0.455 e. The van der Waals surface area contributed by atoms with Crippen molar-refractivity contribution in [1.82, 2.24) is 4.98 Å². The summed E-state index contributed by atoms with van der Waals surface area (Å²) in [6.07, 6.45) is 3.65. The van der Waals surface area contributed by atoms with E-state index < -0.39 is 5.91 Å². The predicted octanol–water partition coefficient (Wildman–Crippen LogP) is 5.03. The van der Waals surface area contributed by atoms with Crippen molar-refractivity contribution in [1.29, 1.82) is 0 Å². The van der Waals surface area contributed by atoms with Crippen molar-refractivity contribution in [2.45, 2.75) is 53.4 Å². The fourth-order valence-corrected chi connectivity index (χ4v) is 3.67. The Bertz CT molecular complexity index is 678. The highest BCUT2D eigenvalue weighted by molar-refractivity contribution is 6.36. The molecule has 1 aliphatic rings. The monoisotopic (exact) mass is 400 g/mol. The van der Waals surface area contributed by atoms with Gasteiger partial charge in [-0.05, 0) is 50.0 Å². The third-order valence-electron chi connectivity index (χ3n) is 4.99. The van der Waals surface area contributed by atoms with Crippen LogP contribution in [0.1, 0.15) is 52.1 Å². The van der Waals surface area contributed by atoms with E-state index in [1.54, 1.807) is 6.92 Å². The van der Waals surface area contributed by atoms with Crippen molar-refractivity contribution in [3.8, 4) is 0 Å². The maximum atomic E-state index is 12.2. The number of aryl methyl sites for hydroxylation is 1. The predicted molar refractivity (Wildman–Crippen MR) is 103 cm³/mol. The second kappa shape index (κ2) is 8.57. The molecule has 1 aromatic heterocycles. The zero-order valence-corrected chi connectivity index (χ0v) is 17.2. The lowest BCUT2D eigenvalue weighted by Crippen LogP contribution is -2.31. The van der Waals surface area contributed by atoms with Crippen molar-refractivity contribution in [3.05, 3.63) is 21.8 Å². The smallest absolute Gasteiger partial charge is 0.309 e. The number of nitrogens with zero attached hydrogens (tertiary/aromatic N) is 1. The van der Waals surface area contributed by atoms with Gasteiger partial charge in [-0.25, -0.2) is 4.98 Å². The van der Waals surface area contributed by atoms with Crippen molar-refractivity contribution in [3.63, 3.8) is 0 Å². The summed E-state index contributed by atoms with van der Waals surface area (Å²) in [5.41, 5.74) is 0.816. The Morgan fingerprint density at radius 2 is 1.81 bits per heavy atom. The molecule has 1 amide bonds. The van der Waals surface area contributed by atoms with Gasteiger partial charge in [-0.3, -0.25) is 9.59 Å². The average Bonchev–Trinajstić information content (AvgIpc) is 2.57. The molecule has 144 valence electrons. The number of carbonyl (C=O) groups is 2. The molecule has 26 heavy (non-hydrogen) atoms. The number of ether oxygens (including phenoxy) is 1. The Morgan fingerprint density at radius 1 is 1.19 bits per heavy atom. The molecule has 1 aromatic rings. The summed E-state index contributed by atoms with van der Waals surface area (Å²) in [6, 6.07) is 1.51. The van der Waals surface area contributed by atoms with Crippen LogP contribution in [0.15, 0.2) is 6.07 Å². The quantitative estimate of drug-likeness (QED) is 0.719. The Labute approximate surface area is 164 Å². The van der Waals surface area contributed by atoms with Crippen molar-refractivity contribution >= 4 is 40.9 Å². The molecule has 0 bridgehead atoms. The molecular weight excluding hydrogens is 375 g/mol. The summed E-state index contributed by atoms with van der Waals surface area (Å²) < 4.78 is 5.18. The molecule has 1 N–H and O–H groups in total. The number of esters is 1. The molecule has 0 aromatic carbocycles. The zero-order chi connectivity index (χ0) is 19.5. The number of nitrogens with one attached hydrogen (secondary N) is 1. The van der Waals surface area contributed by atoms with Crippen LogP contribution in [0.3, 0.4) is 0 Å². The van der Waals surface area contributed by atoms with Crippen molar-refractivity contribution < 1.29 is 14.3 Å². The lowest BCUT2D eigenvalue weighted by Gasteiger charge is -2.36. The molecule has 1 fully saturated rings. The number of amides is 1. The topological polar surface area (TPSA) is 68.3 Å². The van der Waals surface area contributed by atoms with E-state index in [2.05, 4.69) is 31.1 Å². The minimum absolute atomic E-state index is 0.124. The molecule has 1 aliphatic carbocycles. The van der Waals surface area contributed by atoms with E-state index in [1.807, 2.05) is 0 Å². The number of pyridine rings is 1. The molecule has 0 aliphatic heterocycles. The summed E-state index contributed by atoms with van der Waals surface area (Å²) in [5, 5.41) is 3.20. The second-order valence-corrected chi connectivity index (χ2v) is 8.77. The third kappa shape index (κ3) is 5.58. The van der Waals surface area contributed by atoms with Crippen LogP contribution in [0.4, 0.5) is 5.82 Å². The summed E-state index contributed by atoms with van der Waals surface area (Å²) in [4.78, 5) is 28.4. The summed E-state index contributed by atoms with van der Waals surface area (Å²) >= 11 is 11.9. The lowest BCUT2D eigenvalue weighted by atomic mass is 9.70. The van der Waals surface area contributed by atoms with Gasteiger partial charge in [0.05, 0.1) is 21.7 Å². The first-order valence-corrected chi connectivity index (χ1v) is 9.62. The second-order valence-electron chi connectivity index (χ2n) is 7.96. The third-order valence-corrected chi connectivity index (χ3v) is 5.66. The maximum absolute atomic E-state index is 12.2. The van der Waals surface area contributed by atoms with Gasteiger partial charge in [0.25, 0.3) is 5.91 Å². The molecule has 0 atom stereocenters. The highest BCUT2D eigenvalue weighted by atomic mass is 35.5. The first-order valence-electron chi connectivity index (χ1n) is 8.87. The minimum atomic E-state index is -0.474. The Balaban J connectivity index is 1.81. The van der Waals surface area contributed by atoms with Crippen LogP contribution in [-0.2, 0) is 14.3 Å². The van der Waals surface area contributed by atoms with Gasteiger partial charge in [-0.2, -0.15) is 0 Å². The molecule has 0 spiro atoms. The number of aromatic nitrogens is 1. The number of hydrogen-bond acceptors (Lipinski definition) is 4. The van der Waals surface area contributed by atoms with Crippen LogP contribution in [0.25, 0.3) is 0 Å². The van der Waals surface area contributed by atoms with Gasteiger partial charge in [0, 0.05) is 0 Å². The van der Waals surface area contributed by atoms with Gasteiger partial charge >= 0.3 is 5.97 Å². The van der Waals surface area contributed by atoms with E-state index in [0.717, 1.165) is 25.7 Å². The number of halogens is 2. The Kier molecular flexibility index (Phi) is 6.92. The number of carbonyl (C=O) groups excluding carboxylic acids is 2. The SMILES string of the molecule is Cc1nc(NC(=O)COC(=O)C2CCC(C(C)(C)C)CC2)c(Cl)cc1Cl. The normalized spacial score (nSPS) is 20.5. The van der Waals surface area contributed by atoms with E-state index >= 15 is 0 Å². The molecular formula is C19H26Cl2N2O3. The Morgan fingerprint density at radius 3 is 2.38 bits per heavy atom. The molecule has 0 unspecified atom stereocenters. The number of rotatable bonds is 4. The molecule has 1 heterocycles. The Hall–Kier alpha value is -1.33. The molecule has 0 saturated heterocycles. The summed E-state index contributed by atoms with van der Waals surface area (Å²) in [5.74, 6) is -0.0749. The van der Waals surface area contributed by atoms with E-state index in [-0.39, 0.29) is 34.7 Å². The van der Waals surface area contributed by atoms with E-state index in [1.165, 1.54) is 6.07 Å².